The third kappa shape index (κ3) is 3.41. The first-order valence-corrected chi connectivity index (χ1v) is 6.54. The molecule has 1 saturated heterocycles. The average Bonchev–Trinajstić information content (AvgIpc) is 2.48. The van der Waals surface area contributed by atoms with E-state index in [0.29, 0.717) is 11.6 Å². The van der Waals surface area contributed by atoms with Crippen molar-refractivity contribution in [2.45, 2.75) is 12.8 Å². The summed E-state index contributed by atoms with van der Waals surface area (Å²) in [4.78, 5) is 13.6. The van der Waals surface area contributed by atoms with Crippen molar-refractivity contribution in [1.29, 1.82) is 0 Å². The van der Waals surface area contributed by atoms with Crippen LogP contribution >= 0.6 is 0 Å². The largest absolute Gasteiger partial charge is 0.384 e. The Bertz CT molecular complexity index is 413. The van der Waals surface area contributed by atoms with Gasteiger partial charge in [-0.1, -0.05) is 0 Å². The van der Waals surface area contributed by atoms with Crippen LogP contribution in [0.2, 0.25) is 0 Å². The zero-order valence-corrected chi connectivity index (χ0v) is 11.4. The second-order valence-electron chi connectivity index (χ2n) is 4.74. The predicted molar refractivity (Wildman–Crippen MR) is 72.2 cm³/mol. The zero-order valence-electron chi connectivity index (χ0n) is 11.4. The molecule has 1 aliphatic heterocycles. The fourth-order valence-corrected chi connectivity index (χ4v) is 2.31. The lowest BCUT2D eigenvalue weighted by atomic mass is 9.98. The van der Waals surface area contributed by atoms with E-state index in [-0.39, 0.29) is 5.91 Å². The Labute approximate surface area is 113 Å². The Hall–Kier alpha value is -1.69. The van der Waals surface area contributed by atoms with Crippen LogP contribution in [0.25, 0.3) is 0 Å². The smallest absolute Gasteiger partial charge is 0.271 e. The molecule has 0 atom stereocenters. The highest BCUT2D eigenvalue weighted by Gasteiger charge is 2.20. The van der Waals surface area contributed by atoms with Crippen LogP contribution in [0.3, 0.4) is 0 Å². The Morgan fingerprint density at radius 2 is 2.16 bits per heavy atom. The molecule has 1 aliphatic rings. The van der Waals surface area contributed by atoms with Crippen molar-refractivity contribution >= 4 is 11.7 Å². The highest BCUT2D eigenvalue weighted by Crippen LogP contribution is 2.21. The van der Waals surface area contributed by atoms with Gasteiger partial charge in [0.1, 0.15) is 0 Å². The van der Waals surface area contributed by atoms with Crippen LogP contribution in [-0.4, -0.2) is 50.0 Å². The number of nitrogens with zero attached hydrogens (tertiary/aromatic N) is 3. The number of ether oxygens (including phenoxy) is 1. The molecule has 0 saturated carbocycles. The summed E-state index contributed by atoms with van der Waals surface area (Å²) in [6, 6.07) is 3.57. The number of carbonyl (C=O) groups excluding carboxylic acids is 1. The van der Waals surface area contributed by atoms with Crippen molar-refractivity contribution in [3.63, 3.8) is 0 Å². The molecule has 6 nitrogen and oxygen atoms in total. The summed E-state index contributed by atoms with van der Waals surface area (Å²) in [7, 11) is 3.33. The maximum atomic E-state index is 11.4. The number of methoxy groups -OCH3 is 1. The zero-order chi connectivity index (χ0) is 13.7. The van der Waals surface area contributed by atoms with Crippen molar-refractivity contribution < 1.29 is 9.53 Å². The molecular formula is C13H20N4O2. The first-order valence-electron chi connectivity index (χ1n) is 6.54. The summed E-state index contributed by atoms with van der Waals surface area (Å²) in [6.45, 7) is 2.75. The molecule has 0 aliphatic carbocycles. The fourth-order valence-electron chi connectivity index (χ4n) is 2.31. The topological polar surface area (TPSA) is 67.4 Å². The number of anilines is 1. The second-order valence-corrected chi connectivity index (χ2v) is 4.74. The average molecular weight is 264 g/mol. The number of hydrogen-bond acceptors (Lipinski definition) is 5. The molecule has 1 amide bonds. The van der Waals surface area contributed by atoms with E-state index in [1.54, 1.807) is 20.2 Å². The third-order valence-electron chi connectivity index (χ3n) is 3.45. The van der Waals surface area contributed by atoms with Crippen LogP contribution < -0.4 is 10.2 Å². The normalized spacial score (nSPS) is 16.4. The van der Waals surface area contributed by atoms with E-state index in [2.05, 4.69) is 20.4 Å². The SMILES string of the molecule is CNC(=O)c1ccc(N2CCC(COC)CC2)nn1. The fraction of sp³-hybridized carbons (Fsp3) is 0.615. The highest BCUT2D eigenvalue weighted by molar-refractivity contribution is 5.91. The molecule has 1 aromatic heterocycles. The predicted octanol–water partition coefficient (Wildman–Crippen LogP) is 0.699. The maximum Gasteiger partial charge on any atom is 0.271 e. The molecule has 6 heteroatoms. The molecule has 1 fully saturated rings. The minimum atomic E-state index is -0.210. The lowest BCUT2D eigenvalue weighted by molar-refractivity contribution is 0.0957. The Kier molecular flexibility index (Phi) is 4.68. The van der Waals surface area contributed by atoms with Crippen LogP contribution in [0.1, 0.15) is 23.3 Å². The van der Waals surface area contributed by atoms with Crippen molar-refractivity contribution in [3.05, 3.63) is 17.8 Å². The van der Waals surface area contributed by atoms with E-state index < -0.39 is 0 Å². The maximum absolute atomic E-state index is 11.4. The Morgan fingerprint density at radius 3 is 2.68 bits per heavy atom. The second kappa shape index (κ2) is 6.47. The molecule has 1 N–H and O–H groups in total. The molecule has 0 unspecified atom stereocenters. The lowest BCUT2D eigenvalue weighted by Gasteiger charge is -2.32. The third-order valence-corrected chi connectivity index (χ3v) is 3.45. The van der Waals surface area contributed by atoms with Gasteiger partial charge in [0.2, 0.25) is 0 Å². The van der Waals surface area contributed by atoms with Crippen molar-refractivity contribution in [2.75, 3.05) is 38.8 Å². The molecule has 2 heterocycles. The molecule has 0 radical (unpaired) electrons. The van der Waals surface area contributed by atoms with Gasteiger partial charge >= 0.3 is 0 Å². The highest BCUT2D eigenvalue weighted by atomic mass is 16.5. The van der Waals surface area contributed by atoms with Crippen molar-refractivity contribution in [3.8, 4) is 0 Å². The van der Waals surface area contributed by atoms with Gasteiger partial charge in [-0.25, -0.2) is 0 Å². The number of aromatic nitrogens is 2. The number of amides is 1. The molecule has 2 rings (SSSR count). The van der Waals surface area contributed by atoms with Gasteiger partial charge in [0, 0.05) is 33.9 Å². The summed E-state index contributed by atoms with van der Waals surface area (Å²) in [5, 5.41) is 10.6. The molecule has 0 aromatic carbocycles. The van der Waals surface area contributed by atoms with E-state index in [1.807, 2.05) is 6.07 Å². The molecular weight excluding hydrogens is 244 g/mol. The molecule has 0 bridgehead atoms. The minimum Gasteiger partial charge on any atom is -0.384 e. The van der Waals surface area contributed by atoms with Gasteiger partial charge in [0.05, 0.1) is 0 Å². The van der Waals surface area contributed by atoms with Crippen LogP contribution in [0.5, 0.6) is 0 Å². The van der Waals surface area contributed by atoms with Gasteiger partial charge in [-0.15, -0.1) is 10.2 Å². The molecule has 104 valence electrons. The lowest BCUT2D eigenvalue weighted by Crippen LogP contribution is -2.35. The Morgan fingerprint density at radius 1 is 1.42 bits per heavy atom. The van der Waals surface area contributed by atoms with Gasteiger partial charge < -0.3 is 15.0 Å². The van der Waals surface area contributed by atoms with Crippen LogP contribution in [-0.2, 0) is 4.74 Å². The summed E-state index contributed by atoms with van der Waals surface area (Å²) >= 11 is 0. The summed E-state index contributed by atoms with van der Waals surface area (Å²) in [6.07, 6.45) is 2.21. The number of carbonyl (C=O) groups is 1. The van der Waals surface area contributed by atoms with Gasteiger partial charge in [-0.05, 0) is 30.9 Å². The standard InChI is InChI=1S/C13H20N4O2/c1-14-13(18)11-3-4-12(16-15-11)17-7-5-10(6-8-17)9-19-2/h3-4,10H,5-9H2,1-2H3,(H,14,18). The van der Waals surface area contributed by atoms with E-state index in [4.69, 9.17) is 4.74 Å². The number of hydrogen-bond donors (Lipinski definition) is 1. The van der Waals surface area contributed by atoms with Crippen LogP contribution in [0.15, 0.2) is 12.1 Å². The number of piperidine rings is 1. The van der Waals surface area contributed by atoms with E-state index in [0.717, 1.165) is 38.4 Å². The van der Waals surface area contributed by atoms with Gasteiger partial charge in [0.25, 0.3) is 5.91 Å². The van der Waals surface area contributed by atoms with E-state index >= 15 is 0 Å². The van der Waals surface area contributed by atoms with Crippen LogP contribution in [0.4, 0.5) is 5.82 Å². The van der Waals surface area contributed by atoms with Crippen molar-refractivity contribution in [1.82, 2.24) is 15.5 Å². The van der Waals surface area contributed by atoms with Gasteiger partial charge in [0.15, 0.2) is 11.5 Å². The van der Waals surface area contributed by atoms with E-state index in [9.17, 15) is 4.79 Å². The van der Waals surface area contributed by atoms with Gasteiger partial charge in [-0.2, -0.15) is 0 Å². The molecule has 19 heavy (non-hydrogen) atoms. The summed E-state index contributed by atoms with van der Waals surface area (Å²) < 4.78 is 5.19. The monoisotopic (exact) mass is 264 g/mol. The van der Waals surface area contributed by atoms with Gasteiger partial charge in [-0.3, -0.25) is 4.79 Å². The van der Waals surface area contributed by atoms with Crippen molar-refractivity contribution in [2.24, 2.45) is 5.92 Å². The molecule has 1 aromatic rings. The quantitative estimate of drug-likeness (QED) is 0.867. The van der Waals surface area contributed by atoms with E-state index in [1.165, 1.54) is 0 Å². The Balaban J connectivity index is 1.94. The summed E-state index contributed by atoms with van der Waals surface area (Å²) in [5.41, 5.74) is 0.348. The van der Waals surface area contributed by atoms with Crippen LogP contribution in [0, 0.1) is 5.92 Å². The first kappa shape index (κ1) is 13.7. The minimum absolute atomic E-state index is 0.210. The summed E-state index contributed by atoms with van der Waals surface area (Å²) in [5.74, 6) is 1.26. The first-order chi connectivity index (χ1) is 9.24. The number of nitrogens with one attached hydrogen (secondary N) is 1. The number of rotatable bonds is 4. The molecule has 0 spiro atoms.